The number of nitrogens with one attached hydrogen (secondary N) is 1. The molecule has 0 saturated carbocycles. The molecule has 0 aromatic carbocycles. The highest BCUT2D eigenvalue weighted by Gasteiger charge is 2.34. The number of amides is 2. The second-order valence-corrected chi connectivity index (χ2v) is 4.93. The number of hydrogen-bond donors (Lipinski definition) is 1. The van der Waals surface area contributed by atoms with E-state index in [1.54, 1.807) is 4.90 Å². The summed E-state index contributed by atoms with van der Waals surface area (Å²) in [4.78, 5) is 24.7. The lowest BCUT2D eigenvalue weighted by atomic mass is 9.89. The maximum atomic E-state index is 11.5. The monoisotopic (exact) mass is 226 g/mol. The summed E-state index contributed by atoms with van der Waals surface area (Å²) in [5.41, 5.74) is 0. The molecule has 0 bridgehead atoms. The van der Waals surface area contributed by atoms with Crippen molar-refractivity contribution in [1.82, 2.24) is 10.2 Å². The average Bonchev–Trinajstić information content (AvgIpc) is 2.54. The first kappa shape index (κ1) is 13.0. The molecule has 92 valence electrons. The van der Waals surface area contributed by atoms with Crippen molar-refractivity contribution in [3.8, 4) is 0 Å². The molecular formula is C12H22N2O2. The molecule has 0 aromatic heterocycles. The molecule has 1 saturated heterocycles. The lowest BCUT2D eigenvalue weighted by Gasteiger charge is -2.27. The van der Waals surface area contributed by atoms with Gasteiger partial charge in [0.1, 0.15) is 0 Å². The SMILES string of the molecule is CCC(=O)N[C@@H](C(C)C)[C@@H]1CC(=O)N(C)C1. The standard InChI is InChI=1S/C12H22N2O2/c1-5-10(15)13-12(8(2)3)9-6-11(16)14(4)7-9/h8-9,12H,5-7H2,1-4H3,(H,13,15)/t9-,12+/m1/s1. The largest absolute Gasteiger partial charge is 0.353 e. The normalized spacial score (nSPS) is 22.7. The van der Waals surface area contributed by atoms with Crippen molar-refractivity contribution < 1.29 is 9.59 Å². The third kappa shape index (κ3) is 2.97. The zero-order valence-electron chi connectivity index (χ0n) is 10.6. The minimum atomic E-state index is 0.0701. The molecule has 1 heterocycles. The van der Waals surface area contributed by atoms with Gasteiger partial charge in [0, 0.05) is 38.4 Å². The summed E-state index contributed by atoms with van der Waals surface area (Å²) >= 11 is 0. The third-order valence-electron chi connectivity index (χ3n) is 3.25. The van der Waals surface area contributed by atoms with Crippen molar-refractivity contribution in [2.75, 3.05) is 13.6 Å². The Morgan fingerprint density at radius 1 is 1.56 bits per heavy atom. The van der Waals surface area contributed by atoms with Crippen LogP contribution in [-0.4, -0.2) is 36.3 Å². The van der Waals surface area contributed by atoms with Crippen molar-refractivity contribution in [2.24, 2.45) is 11.8 Å². The topological polar surface area (TPSA) is 49.4 Å². The van der Waals surface area contributed by atoms with Gasteiger partial charge in [0.25, 0.3) is 0 Å². The van der Waals surface area contributed by atoms with E-state index >= 15 is 0 Å². The summed E-state index contributed by atoms with van der Waals surface area (Å²) in [6.45, 7) is 6.77. The second-order valence-electron chi connectivity index (χ2n) is 4.93. The van der Waals surface area contributed by atoms with Crippen molar-refractivity contribution >= 4 is 11.8 Å². The molecule has 1 aliphatic rings. The van der Waals surface area contributed by atoms with E-state index in [-0.39, 0.29) is 23.8 Å². The van der Waals surface area contributed by atoms with Gasteiger partial charge in [-0.1, -0.05) is 20.8 Å². The van der Waals surface area contributed by atoms with Crippen LogP contribution in [0.1, 0.15) is 33.6 Å². The van der Waals surface area contributed by atoms with Crippen LogP contribution in [0.4, 0.5) is 0 Å². The molecule has 1 rings (SSSR count). The van der Waals surface area contributed by atoms with Crippen LogP contribution in [0.15, 0.2) is 0 Å². The molecule has 16 heavy (non-hydrogen) atoms. The van der Waals surface area contributed by atoms with Crippen molar-refractivity contribution in [3.63, 3.8) is 0 Å². The zero-order chi connectivity index (χ0) is 12.3. The van der Waals surface area contributed by atoms with Crippen LogP contribution in [0.3, 0.4) is 0 Å². The van der Waals surface area contributed by atoms with Crippen LogP contribution in [0.25, 0.3) is 0 Å². The Morgan fingerprint density at radius 3 is 2.56 bits per heavy atom. The summed E-state index contributed by atoms with van der Waals surface area (Å²) in [6.07, 6.45) is 1.06. The molecule has 1 N–H and O–H groups in total. The van der Waals surface area contributed by atoms with Crippen LogP contribution in [0, 0.1) is 11.8 Å². The number of likely N-dealkylation sites (tertiary alicyclic amines) is 1. The first-order valence-electron chi connectivity index (χ1n) is 5.99. The molecule has 2 atom stereocenters. The van der Waals surface area contributed by atoms with Gasteiger partial charge in [-0.25, -0.2) is 0 Å². The van der Waals surface area contributed by atoms with E-state index in [9.17, 15) is 9.59 Å². The van der Waals surface area contributed by atoms with E-state index in [0.29, 0.717) is 18.8 Å². The Bertz CT molecular complexity index is 276. The Balaban J connectivity index is 2.64. The first-order chi connectivity index (χ1) is 7.45. The molecular weight excluding hydrogens is 204 g/mol. The average molecular weight is 226 g/mol. The summed E-state index contributed by atoms with van der Waals surface area (Å²) in [5.74, 6) is 0.870. The van der Waals surface area contributed by atoms with E-state index in [4.69, 9.17) is 0 Å². The van der Waals surface area contributed by atoms with E-state index < -0.39 is 0 Å². The minimum Gasteiger partial charge on any atom is -0.353 e. The first-order valence-corrected chi connectivity index (χ1v) is 5.99. The highest BCUT2D eigenvalue weighted by atomic mass is 16.2. The maximum Gasteiger partial charge on any atom is 0.222 e. The molecule has 0 radical (unpaired) electrons. The Hall–Kier alpha value is -1.06. The van der Waals surface area contributed by atoms with E-state index in [1.165, 1.54) is 0 Å². The predicted octanol–water partition coefficient (Wildman–Crippen LogP) is 1.02. The lowest BCUT2D eigenvalue weighted by Crippen LogP contribution is -2.44. The summed E-state index contributed by atoms with van der Waals surface area (Å²) < 4.78 is 0. The van der Waals surface area contributed by atoms with E-state index in [1.807, 2.05) is 14.0 Å². The van der Waals surface area contributed by atoms with Crippen molar-refractivity contribution in [1.29, 1.82) is 0 Å². The number of carbonyl (C=O) groups excluding carboxylic acids is 2. The van der Waals surface area contributed by atoms with Crippen molar-refractivity contribution in [3.05, 3.63) is 0 Å². The van der Waals surface area contributed by atoms with E-state index in [0.717, 1.165) is 6.54 Å². The molecule has 2 amide bonds. The molecule has 0 unspecified atom stereocenters. The van der Waals surface area contributed by atoms with Gasteiger partial charge in [-0.2, -0.15) is 0 Å². The van der Waals surface area contributed by atoms with Gasteiger partial charge in [0.15, 0.2) is 0 Å². The highest BCUT2D eigenvalue weighted by Crippen LogP contribution is 2.24. The fourth-order valence-electron chi connectivity index (χ4n) is 2.26. The molecule has 0 aromatic rings. The predicted molar refractivity (Wildman–Crippen MR) is 62.8 cm³/mol. The van der Waals surface area contributed by atoms with Gasteiger partial charge < -0.3 is 10.2 Å². The summed E-state index contributed by atoms with van der Waals surface area (Å²) in [6, 6.07) is 0.112. The zero-order valence-corrected chi connectivity index (χ0v) is 10.6. The Labute approximate surface area is 97.4 Å². The van der Waals surface area contributed by atoms with Crippen LogP contribution in [0.2, 0.25) is 0 Å². The molecule has 0 aliphatic carbocycles. The van der Waals surface area contributed by atoms with E-state index in [2.05, 4.69) is 19.2 Å². The number of nitrogens with zero attached hydrogens (tertiary/aromatic N) is 1. The van der Waals surface area contributed by atoms with Crippen LogP contribution >= 0.6 is 0 Å². The fraction of sp³-hybridized carbons (Fsp3) is 0.833. The van der Waals surface area contributed by atoms with Gasteiger partial charge in [0.2, 0.25) is 11.8 Å². The molecule has 1 fully saturated rings. The van der Waals surface area contributed by atoms with Gasteiger partial charge in [-0.05, 0) is 5.92 Å². The van der Waals surface area contributed by atoms with Crippen LogP contribution < -0.4 is 5.32 Å². The molecule has 4 heteroatoms. The number of rotatable bonds is 4. The van der Waals surface area contributed by atoms with Gasteiger partial charge in [0.05, 0.1) is 0 Å². The molecule has 0 spiro atoms. The van der Waals surface area contributed by atoms with Gasteiger partial charge in [-0.15, -0.1) is 0 Å². The Morgan fingerprint density at radius 2 is 2.19 bits per heavy atom. The smallest absolute Gasteiger partial charge is 0.222 e. The van der Waals surface area contributed by atoms with Crippen molar-refractivity contribution in [2.45, 2.75) is 39.7 Å². The molecule has 4 nitrogen and oxygen atoms in total. The summed E-state index contributed by atoms with van der Waals surface area (Å²) in [7, 11) is 1.82. The second kappa shape index (κ2) is 5.32. The quantitative estimate of drug-likeness (QED) is 0.778. The number of hydrogen-bond acceptors (Lipinski definition) is 2. The number of carbonyl (C=O) groups is 2. The minimum absolute atomic E-state index is 0.0701. The fourth-order valence-corrected chi connectivity index (χ4v) is 2.26. The highest BCUT2D eigenvalue weighted by molar-refractivity contribution is 5.79. The lowest BCUT2D eigenvalue weighted by molar-refractivity contribution is -0.127. The van der Waals surface area contributed by atoms with Crippen LogP contribution in [0.5, 0.6) is 0 Å². The maximum absolute atomic E-state index is 11.5. The summed E-state index contributed by atoms with van der Waals surface area (Å²) in [5, 5.41) is 3.03. The third-order valence-corrected chi connectivity index (χ3v) is 3.25. The van der Waals surface area contributed by atoms with Gasteiger partial charge in [-0.3, -0.25) is 9.59 Å². The Kier molecular flexibility index (Phi) is 4.33. The molecule has 1 aliphatic heterocycles. The van der Waals surface area contributed by atoms with Gasteiger partial charge >= 0.3 is 0 Å². The van der Waals surface area contributed by atoms with Crippen LogP contribution in [-0.2, 0) is 9.59 Å².